The predicted molar refractivity (Wildman–Crippen MR) is 99.7 cm³/mol. The van der Waals surface area contributed by atoms with Gasteiger partial charge in [0.1, 0.15) is 23.3 Å². The molecule has 5 heteroatoms. The smallest absolute Gasteiger partial charge is 0.136 e. The lowest BCUT2D eigenvalue weighted by molar-refractivity contribution is 0.613. The predicted octanol–water partition coefficient (Wildman–Crippen LogP) is 4.90. The van der Waals surface area contributed by atoms with E-state index in [1.807, 2.05) is 19.1 Å². The number of hydrogen-bond acceptors (Lipinski definition) is 4. The molecule has 0 aliphatic rings. The largest absolute Gasteiger partial charge is 0.366 e. The number of halogens is 1. The van der Waals surface area contributed by atoms with E-state index in [1.165, 1.54) is 17.2 Å². The molecule has 0 atom stereocenters. The average Bonchev–Trinajstić information content (AvgIpc) is 2.52. The summed E-state index contributed by atoms with van der Waals surface area (Å²) < 4.78 is 13.7. The second-order valence-corrected chi connectivity index (χ2v) is 6.13. The van der Waals surface area contributed by atoms with E-state index < -0.39 is 0 Å². The Balaban J connectivity index is 1.77. The molecule has 0 unspecified atom stereocenters. The normalized spacial score (nSPS) is 10.6. The summed E-state index contributed by atoms with van der Waals surface area (Å²) in [5.41, 5.74) is 3.95. The van der Waals surface area contributed by atoms with Gasteiger partial charge in [0.25, 0.3) is 0 Å². The van der Waals surface area contributed by atoms with Crippen molar-refractivity contribution in [3.63, 3.8) is 0 Å². The number of anilines is 3. The van der Waals surface area contributed by atoms with E-state index in [9.17, 15) is 4.39 Å². The Morgan fingerprint density at radius 3 is 2.28 bits per heavy atom. The number of aromatic nitrogens is 2. The van der Waals surface area contributed by atoms with E-state index in [0.717, 1.165) is 5.69 Å². The van der Waals surface area contributed by atoms with E-state index in [1.54, 1.807) is 12.1 Å². The lowest BCUT2D eigenvalue weighted by Crippen LogP contribution is -2.06. The Labute approximate surface area is 147 Å². The highest BCUT2D eigenvalue weighted by atomic mass is 19.1. The molecule has 25 heavy (non-hydrogen) atoms. The summed E-state index contributed by atoms with van der Waals surface area (Å²) in [5, 5.41) is 6.47. The topological polar surface area (TPSA) is 49.8 Å². The molecule has 1 aromatic heterocycles. The fourth-order valence-electron chi connectivity index (χ4n) is 2.74. The third-order valence-electron chi connectivity index (χ3n) is 3.75. The van der Waals surface area contributed by atoms with Gasteiger partial charge in [-0.15, -0.1) is 0 Å². The Morgan fingerprint density at radius 1 is 0.880 bits per heavy atom. The van der Waals surface area contributed by atoms with Gasteiger partial charge in [0.2, 0.25) is 0 Å². The molecule has 0 aliphatic carbocycles. The zero-order valence-corrected chi connectivity index (χ0v) is 14.6. The van der Waals surface area contributed by atoms with Crippen LogP contribution in [0.25, 0.3) is 0 Å². The summed E-state index contributed by atoms with van der Waals surface area (Å²) in [7, 11) is 0. The molecule has 0 bridgehead atoms. The first-order valence-electron chi connectivity index (χ1n) is 8.18. The van der Waals surface area contributed by atoms with Gasteiger partial charge in [0, 0.05) is 23.9 Å². The van der Waals surface area contributed by atoms with Crippen LogP contribution in [0.1, 0.15) is 22.5 Å². The molecule has 1 heterocycles. The molecule has 0 saturated heterocycles. The van der Waals surface area contributed by atoms with E-state index >= 15 is 0 Å². The molecule has 4 nitrogen and oxygen atoms in total. The van der Waals surface area contributed by atoms with Crippen LogP contribution in [0.4, 0.5) is 21.7 Å². The molecule has 3 rings (SSSR count). The zero-order valence-electron chi connectivity index (χ0n) is 14.6. The monoisotopic (exact) mass is 336 g/mol. The summed E-state index contributed by atoms with van der Waals surface area (Å²) in [4.78, 5) is 8.80. The molecular weight excluding hydrogens is 315 g/mol. The fraction of sp³-hybridized carbons (Fsp3) is 0.200. The Bertz CT molecular complexity index is 872. The average molecular weight is 336 g/mol. The van der Waals surface area contributed by atoms with Gasteiger partial charge in [-0.2, -0.15) is 0 Å². The Morgan fingerprint density at radius 2 is 1.56 bits per heavy atom. The first kappa shape index (κ1) is 16.9. The minimum Gasteiger partial charge on any atom is -0.366 e. The number of nitrogens with zero attached hydrogens (tertiary/aromatic N) is 2. The van der Waals surface area contributed by atoms with Crippen LogP contribution < -0.4 is 10.6 Å². The van der Waals surface area contributed by atoms with Crippen LogP contribution in [0.3, 0.4) is 0 Å². The van der Waals surface area contributed by atoms with Crippen LogP contribution in [0.5, 0.6) is 0 Å². The van der Waals surface area contributed by atoms with Crippen molar-refractivity contribution in [3.8, 4) is 0 Å². The molecule has 0 amide bonds. The van der Waals surface area contributed by atoms with Crippen molar-refractivity contribution in [2.24, 2.45) is 0 Å². The molecule has 2 N–H and O–H groups in total. The second kappa shape index (κ2) is 7.30. The second-order valence-electron chi connectivity index (χ2n) is 6.13. The number of hydrogen-bond donors (Lipinski definition) is 2. The van der Waals surface area contributed by atoms with Crippen molar-refractivity contribution >= 4 is 17.3 Å². The van der Waals surface area contributed by atoms with Gasteiger partial charge in [-0.3, -0.25) is 0 Å². The molecule has 0 saturated carbocycles. The third-order valence-corrected chi connectivity index (χ3v) is 3.75. The summed E-state index contributed by atoms with van der Waals surface area (Å²) in [6, 6.07) is 14.8. The van der Waals surface area contributed by atoms with Gasteiger partial charge in [-0.1, -0.05) is 24.3 Å². The molecule has 0 aliphatic heterocycles. The maximum Gasteiger partial charge on any atom is 0.136 e. The summed E-state index contributed by atoms with van der Waals surface area (Å²) >= 11 is 0. The van der Waals surface area contributed by atoms with Gasteiger partial charge in [-0.05, 0) is 50.1 Å². The van der Waals surface area contributed by atoms with Gasteiger partial charge in [0.05, 0.1) is 0 Å². The minimum absolute atomic E-state index is 0.227. The molecule has 0 fully saturated rings. The molecule has 3 aromatic rings. The first-order valence-corrected chi connectivity index (χ1v) is 8.18. The molecule has 0 radical (unpaired) electrons. The first-order chi connectivity index (χ1) is 12.0. The third kappa shape index (κ3) is 4.53. The van der Waals surface area contributed by atoms with Gasteiger partial charge < -0.3 is 10.6 Å². The summed E-state index contributed by atoms with van der Waals surface area (Å²) in [6.45, 7) is 6.32. The van der Waals surface area contributed by atoms with Gasteiger partial charge >= 0.3 is 0 Å². The SMILES string of the molecule is Cc1cc(C)cc(Nc2cc(NCc3ccccc3F)nc(C)n2)c1. The van der Waals surface area contributed by atoms with Crippen molar-refractivity contribution in [1.29, 1.82) is 0 Å². The highest BCUT2D eigenvalue weighted by Gasteiger charge is 2.05. The number of nitrogens with one attached hydrogen (secondary N) is 2. The number of rotatable bonds is 5. The van der Waals surface area contributed by atoms with Crippen LogP contribution in [0, 0.1) is 26.6 Å². The van der Waals surface area contributed by atoms with Crippen molar-refractivity contribution in [2.45, 2.75) is 27.3 Å². The van der Waals surface area contributed by atoms with Crippen molar-refractivity contribution in [3.05, 3.63) is 76.9 Å². The van der Waals surface area contributed by atoms with Crippen LogP contribution in [-0.4, -0.2) is 9.97 Å². The van der Waals surface area contributed by atoms with Crippen molar-refractivity contribution in [2.75, 3.05) is 10.6 Å². The molecule has 128 valence electrons. The van der Waals surface area contributed by atoms with Crippen LogP contribution in [-0.2, 0) is 6.54 Å². The van der Waals surface area contributed by atoms with Gasteiger partial charge in [0.15, 0.2) is 0 Å². The van der Waals surface area contributed by atoms with E-state index in [4.69, 9.17) is 0 Å². The highest BCUT2D eigenvalue weighted by Crippen LogP contribution is 2.20. The van der Waals surface area contributed by atoms with Crippen LogP contribution >= 0.6 is 0 Å². The maximum atomic E-state index is 13.7. The highest BCUT2D eigenvalue weighted by molar-refractivity contribution is 5.60. The quantitative estimate of drug-likeness (QED) is 0.696. The van der Waals surface area contributed by atoms with Crippen molar-refractivity contribution in [1.82, 2.24) is 9.97 Å². The molecule has 0 spiro atoms. The van der Waals surface area contributed by atoms with Gasteiger partial charge in [-0.25, -0.2) is 14.4 Å². The van der Waals surface area contributed by atoms with Crippen molar-refractivity contribution < 1.29 is 4.39 Å². The lowest BCUT2D eigenvalue weighted by atomic mass is 10.1. The van der Waals surface area contributed by atoms with Crippen LogP contribution in [0.15, 0.2) is 48.5 Å². The Kier molecular flexibility index (Phi) is 4.93. The Hall–Kier alpha value is -2.95. The van der Waals surface area contributed by atoms with Crippen LogP contribution in [0.2, 0.25) is 0 Å². The molecular formula is C20H21FN4. The van der Waals surface area contributed by atoms with E-state index in [-0.39, 0.29) is 5.82 Å². The minimum atomic E-state index is -0.227. The summed E-state index contributed by atoms with van der Waals surface area (Å²) in [5.74, 6) is 1.77. The van der Waals surface area contributed by atoms with E-state index in [2.05, 4.69) is 52.6 Å². The summed E-state index contributed by atoms with van der Waals surface area (Å²) in [6.07, 6.45) is 0. The zero-order chi connectivity index (χ0) is 17.8. The fourth-order valence-corrected chi connectivity index (χ4v) is 2.74. The maximum absolute atomic E-state index is 13.7. The number of aryl methyl sites for hydroxylation is 3. The number of benzene rings is 2. The lowest BCUT2D eigenvalue weighted by Gasteiger charge is -2.11. The molecule has 2 aromatic carbocycles. The van der Waals surface area contributed by atoms with E-state index in [0.29, 0.717) is 29.6 Å². The standard InChI is InChI=1S/C20H21FN4/c1-13-8-14(2)10-17(9-13)25-20-11-19(23-15(3)24-20)22-12-16-6-4-5-7-18(16)21/h4-11H,12H2,1-3H3,(H2,22,23,24,25).